The van der Waals surface area contributed by atoms with E-state index in [4.69, 9.17) is 0 Å². The first-order valence-corrected chi connectivity index (χ1v) is 9.71. The Hall–Kier alpha value is 0.640. The monoisotopic (exact) mass is 320 g/mol. The average molecular weight is 322 g/mol. The topological polar surface area (TPSA) is 0 Å². The number of halogens is 2. The number of rotatable bonds is 0. The van der Waals surface area contributed by atoms with Gasteiger partial charge in [0.05, 0.1) is 0 Å². The van der Waals surface area contributed by atoms with Gasteiger partial charge in [-0.25, -0.2) is 24.3 Å². The van der Waals surface area contributed by atoms with Crippen LogP contribution in [-0.2, 0) is 23.3 Å². The van der Waals surface area contributed by atoms with E-state index in [9.17, 15) is 0 Å². The molecule has 0 aromatic carbocycles. The summed E-state index contributed by atoms with van der Waals surface area (Å²) in [6, 6.07) is 0. The summed E-state index contributed by atoms with van der Waals surface area (Å²) in [4.78, 5) is 0. The molecule has 2 aliphatic rings. The second kappa shape index (κ2) is 19.2. The summed E-state index contributed by atoms with van der Waals surface area (Å²) in [5.41, 5.74) is 0. The first kappa shape index (κ1) is 20.1. The maximum absolute atomic E-state index is 2.99. The van der Waals surface area contributed by atoms with Crippen LogP contribution in [0.5, 0.6) is 0 Å². The molecule has 0 bridgehead atoms. The summed E-state index contributed by atoms with van der Waals surface area (Å²) in [5.74, 6) is 0. The van der Waals surface area contributed by atoms with Gasteiger partial charge in [-0.15, -0.1) is 12.8 Å². The molecule has 0 aliphatic heterocycles. The summed E-state index contributed by atoms with van der Waals surface area (Å²) >= 11 is 1.58. The number of hydrogen-bond donors (Lipinski definition) is 0. The van der Waals surface area contributed by atoms with Crippen LogP contribution in [0.1, 0.15) is 12.8 Å². The van der Waals surface area contributed by atoms with Gasteiger partial charge in [0.2, 0.25) is 0 Å². The predicted octanol–water partition coefficient (Wildman–Crippen LogP) is -4.30. The van der Waals surface area contributed by atoms with Crippen molar-refractivity contribution in [2.75, 3.05) is 0 Å². The molecule has 0 nitrogen and oxygen atoms in total. The van der Waals surface area contributed by atoms with Crippen molar-refractivity contribution in [1.29, 1.82) is 0 Å². The van der Waals surface area contributed by atoms with E-state index in [0.717, 1.165) is 12.8 Å². The van der Waals surface area contributed by atoms with Gasteiger partial charge >= 0.3 is 30.2 Å². The molecule has 0 radical (unpaired) electrons. The zero-order valence-corrected chi connectivity index (χ0v) is 13.2. The van der Waals surface area contributed by atoms with Crippen LogP contribution in [0.2, 0.25) is 0 Å². The fraction of sp³-hybridized carbons (Fsp3) is 0.200. The molecule has 0 unspecified atom stereocenters. The zero-order chi connectivity index (χ0) is 9.07. The third-order valence-electron chi connectivity index (χ3n) is 1.17. The van der Waals surface area contributed by atoms with Crippen molar-refractivity contribution in [3.8, 4) is 0 Å². The average Bonchev–Trinajstić information content (AvgIpc) is 2.87. The Kier molecular flexibility index (Phi) is 27.6. The van der Waals surface area contributed by atoms with Crippen molar-refractivity contribution in [2.24, 2.45) is 0 Å². The Morgan fingerprint density at radius 3 is 1.29 bits per heavy atom. The van der Waals surface area contributed by atoms with Gasteiger partial charge in [0.25, 0.3) is 0 Å². The van der Waals surface area contributed by atoms with Gasteiger partial charge in [-0.2, -0.15) is 12.2 Å². The molecule has 0 aromatic heterocycles. The fourth-order valence-corrected chi connectivity index (χ4v) is 0.680. The van der Waals surface area contributed by atoms with Gasteiger partial charge in [-0.05, 0) is 0 Å². The molecule has 0 spiro atoms. The molecule has 0 saturated carbocycles. The van der Waals surface area contributed by atoms with Gasteiger partial charge in [0, 0.05) is 0 Å². The molecule has 76 valence electrons. The van der Waals surface area contributed by atoms with E-state index >= 15 is 0 Å². The summed E-state index contributed by atoms with van der Waals surface area (Å²) in [6.45, 7) is 1.95. The van der Waals surface area contributed by atoms with Crippen LogP contribution in [0.15, 0.2) is 36.5 Å². The second-order valence-corrected chi connectivity index (χ2v) is 2.01. The van der Waals surface area contributed by atoms with Gasteiger partial charge in [0.15, 0.2) is 0 Å². The van der Waals surface area contributed by atoms with Crippen molar-refractivity contribution >= 4 is 6.88 Å². The fourth-order valence-electron chi connectivity index (χ4n) is 0.680. The van der Waals surface area contributed by atoms with E-state index in [-0.39, 0.29) is 24.8 Å². The number of hydrogen-bond acceptors (Lipinski definition) is 0. The van der Waals surface area contributed by atoms with E-state index in [2.05, 4.69) is 24.3 Å². The van der Waals surface area contributed by atoms with Crippen LogP contribution in [0.4, 0.5) is 0 Å². The zero-order valence-electron chi connectivity index (χ0n) is 7.84. The first-order valence-electron chi connectivity index (χ1n) is 3.79. The van der Waals surface area contributed by atoms with Crippen LogP contribution < -0.4 is 24.8 Å². The van der Waals surface area contributed by atoms with Crippen molar-refractivity contribution < 1.29 is 48.1 Å². The molecule has 0 heterocycles. The van der Waals surface area contributed by atoms with Crippen LogP contribution in [0.25, 0.3) is 0 Å². The van der Waals surface area contributed by atoms with E-state index in [1.54, 1.807) is 23.3 Å². The number of allylic oxidation sites excluding steroid dienone is 8. The van der Waals surface area contributed by atoms with Crippen LogP contribution in [0.3, 0.4) is 0 Å². The molecule has 0 fully saturated rings. The van der Waals surface area contributed by atoms with Gasteiger partial charge < -0.3 is 24.8 Å². The molecule has 0 atom stereocenters. The first-order chi connectivity index (χ1) is 6.00. The summed E-state index contributed by atoms with van der Waals surface area (Å²) < 4.78 is 0. The van der Waals surface area contributed by atoms with Crippen molar-refractivity contribution in [3.05, 3.63) is 48.6 Å². The van der Waals surface area contributed by atoms with E-state index in [1.807, 2.05) is 31.2 Å². The molecule has 0 saturated heterocycles. The molecule has 2 rings (SSSR count). The predicted molar refractivity (Wildman–Crippen MR) is 51.7 cm³/mol. The van der Waals surface area contributed by atoms with Gasteiger partial charge in [0.1, 0.15) is 0 Å². The van der Waals surface area contributed by atoms with Crippen molar-refractivity contribution in [2.45, 2.75) is 12.8 Å². The Labute approximate surface area is 116 Å². The third kappa shape index (κ3) is 15.1. The molecule has 0 N–H and O–H groups in total. The minimum absolute atomic E-state index is 0. The Balaban J connectivity index is -0.000000131. The molecule has 4 heteroatoms. The molecule has 0 amide bonds. The van der Waals surface area contributed by atoms with Crippen molar-refractivity contribution in [1.82, 2.24) is 0 Å². The van der Waals surface area contributed by atoms with Gasteiger partial charge in [-0.1, -0.05) is 0 Å². The molecule has 14 heavy (non-hydrogen) atoms. The van der Waals surface area contributed by atoms with E-state index in [1.165, 1.54) is 0 Å². The molecular formula is C10H12Cl2SiZr-2. The van der Waals surface area contributed by atoms with Crippen LogP contribution in [-0.4, -0.2) is 6.88 Å². The van der Waals surface area contributed by atoms with Crippen LogP contribution in [0, 0.1) is 12.2 Å². The quantitative estimate of drug-likeness (QED) is 0.313. The molecule has 0 aromatic rings. The second-order valence-electron chi connectivity index (χ2n) is 2.01. The Morgan fingerprint density at radius 2 is 1.21 bits per heavy atom. The summed E-state index contributed by atoms with van der Waals surface area (Å²) in [5, 5.41) is 0. The standard InChI is InChI=1S/2C5H5.2ClH.H2Si.Zr/c2*1-2-4-5-3-1;;;;/h2*1-3H,4H2;2*1H;1H2;/q2*-1;;;;+2/p-2. The van der Waals surface area contributed by atoms with Crippen molar-refractivity contribution in [3.63, 3.8) is 0 Å². The summed E-state index contributed by atoms with van der Waals surface area (Å²) in [7, 11) is 0. The third-order valence-corrected chi connectivity index (χ3v) is 1.17. The minimum atomic E-state index is 0. The Bertz CT molecular complexity index is 168. The SMILES string of the molecule is [C-]1=CC=CC1.[C-]1=CC=CC1.[Cl-].[Cl-].[SiH2]=[Zr+2]. The normalized spacial score (nSPS) is 13.0. The van der Waals surface area contributed by atoms with Gasteiger partial charge in [-0.3, -0.25) is 12.2 Å². The maximum atomic E-state index is 2.99. The van der Waals surface area contributed by atoms with E-state index < -0.39 is 0 Å². The molecule has 2 aliphatic carbocycles. The Morgan fingerprint density at radius 1 is 0.857 bits per heavy atom. The van der Waals surface area contributed by atoms with E-state index in [0.29, 0.717) is 0 Å². The molecular weight excluding hydrogens is 310 g/mol. The summed E-state index contributed by atoms with van der Waals surface area (Å²) in [6.07, 6.45) is 20.0. The van der Waals surface area contributed by atoms with Crippen LogP contribution >= 0.6 is 0 Å².